The fraction of sp³-hybridized carbons (Fsp3) is 0.500. The number of hydrogen-bond acceptors (Lipinski definition) is 2. The lowest BCUT2D eigenvalue weighted by Gasteiger charge is -2.11. The molecule has 0 saturated carbocycles. The topological polar surface area (TPSA) is 34.1 Å². The molecule has 0 radical (unpaired) electrons. The van der Waals surface area contributed by atoms with Gasteiger partial charge in [-0.1, -0.05) is 32.9 Å². The summed E-state index contributed by atoms with van der Waals surface area (Å²) in [5, 5.41) is 0. The summed E-state index contributed by atoms with van der Waals surface area (Å²) in [7, 11) is -3.10. The molecular weight excluding hydrogens is 208 g/mol. The molecule has 0 aromatic heterocycles. The molecular formula is C12H18O2S. The van der Waals surface area contributed by atoms with E-state index in [-0.39, 0.29) is 0 Å². The molecule has 0 aliphatic rings. The first-order valence-electron chi connectivity index (χ1n) is 5.19. The Bertz CT molecular complexity index is 445. The van der Waals surface area contributed by atoms with E-state index in [0.29, 0.717) is 10.8 Å². The van der Waals surface area contributed by atoms with Gasteiger partial charge in [0.05, 0.1) is 4.90 Å². The molecule has 0 bridgehead atoms. The summed E-state index contributed by atoms with van der Waals surface area (Å²) in [4.78, 5) is 0.483. The molecule has 2 nitrogen and oxygen atoms in total. The summed E-state index contributed by atoms with van der Waals surface area (Å²) in [5.74, 6) is 0.358. The molecule has 0 saturated heterocycles. The fourth-order valence-corrected chi connectivity index (χ4v) is 2.61. The largest absolute Gasteiger partial charge is 0.224 e. The molecule has 0 atom stereocenters. The lowest BCUT2D eigenvalue weighted by atomic mass is 10.0. The van der Waals surface area contributed by atoms with E-state index in [2.05, 4.69) is 13.8 Å². The Morgan fingerprint density at radius 2 is 1.87 bits per heavy atom. The van der Waals surface area contributed by atoms with Gasteiger partial charge in [0.1, 0.15) is 0 Å². The lowest BCUT2D eigenvalue weighted by molar-refractivity contribution is 0.600. The van der Waals surface area contributed by atoms with Gasteiger partial charge in [-0.25, -0.2) is 8.42 Å². The second kappa shape index (κ2) is 4.35. The predicted octanol–water partition coefficient (Wildman–Crippen LogP) is 2.78. The normalized spacial score (nSPS) is 12.1. The third-order valence-electron chi connectivity index (χ3n) is 2.54. The molecule has 0 N–H and O–H groups in total. The molecule has 0 heterocycles. The average Bonchev–Trinajstić information content (AvgIpc) is 2.15. The highest BCUT2D eigenvalue weighted by Crippen LogP contribution is 2.22. The monoisotopic (exact) mass is 226 g/mol. The zero-order chi connectivity index (χ0) is 11.6. The van der Waals surface area contributed by atoms with Crippen LogP contribution in [0.15, 0.2) is 23.1 Å². The van der Waals surface area contributed by atoms with Crippen LogP contribution < -0.4 is 0 Å². The van der Waals surface area contributed by atoms with Crippen LogP contribution in [0, 0.1) is 0 Å². The van der Waals surface area contributed by atoms with Gasteiger partial charge in [-0.2, -0.15) is 0 Å². The van der Waals surface area contributed by atoms with Crippen molar-refractivity contribution in [2.45, 2.75) is 38.0 Å². The number of benzene rings is 1. The average molecular weight is 226 g/mol. The van der Waals surface area contributed by atoms with Crippen molar-refractivity contribution in [2.75, 3.05) is 6.26 Å². The van der Waals surface area contributed by atoms with Crippen molar-refractivity contribution >= 4 is 9.84 Å². The van der Waals surface area contributed by atoms with Crippen LogP contribution in [-0.2, 0) is 16.3 Å². The van der Waals surface area contributed by atoms with Crippen molar-refractivity contribution in [1.29, 1.82) is 0 Å². The van der Waals surface area contributed by atoms with Crippen LogP contribution in [0.3, 0.4) is 0 Å². The van der Waals surface area contributed by atoms with Crippen LogP contribution in [0.5, 0.6) is 0 Å². The molecule has 0 amide bonds. The molecule has 15 heavy (non-hydrogen) atoms. The molecule has 0 unspecified atom stereocenters. The van der Waals surface area contributed by atoms with Crippen LogP contribution in [-0.4, -0.2) is 14.7 Å². The van der Waals surface area contributed by atoms with E-state index < -0.39 is 9.84 Å². The lowest BCUT2D eigenvalue weighted by Crippen LogP contribution is -2.03. The molecule has 0 aliphatic carbocycles. The maximum Gasteiger partial charge on any atom is 0.175 e. The molecule has 0 fully saturated rings. The SMILES string of the molecule is CCc1ccc(C(C)C)cc1S(C)(=O)=O. The van der Waals surface area contributed by atoms with Crippen LogP contribution in [0.1, 0.15) is 37.8 Å². The first-order chi connectivity index (χ1) is 6.86. The van der Waals surface area contributed by atoms with Crippen LogP contribution in [0.4, 0.5) is 0 Å². The second-order valence-corrected chi connectivity index (χ2v) is 6.13. The number of sulfone groups is 1. The Labute approximate surface area is 92.2 Å². The minimum atomic E-state index is -3.10. The zero-order valence-electron chi connectivity index (χ0n) is 9.74. The highest BCUT2D eigenvalue weighted by Gasteiger charge is 2.13. The Morgan fingerprint density at radius 3 is 2.27 bits per heavy atom. The number of rotatable bonds is 3. The molecule has 1 aromatic carbocycles. The standard InChI is InChI=1S/C12H18O2S/c1-5-10-6-7-11(9(2)3)8-12(10)15(4,13)14/h6-9H,5H2,1-4H3. The van der Waals surface area contributed by atoms with E-state index >= 15 is 0 Å². The molecule has 84 valence electrons. The molecule has 1 aromatic rings. The Balaban J connectivity index is 3.39. The number of hydrogen-bond donors (Lipinski definition) is 0. The van der Waals surface area contributed by atoms with Gasteiger partial charge in [0.2, 0.25) is 0 Å². The fourth-order valence-electron chi connectivity index (χ4n) is 1.57. The van der Waals surface area contributed by atoms with Gasteiger partial charge < -0.3 is 0 Å². The highest BCUT2D eigenvalue weighted by atomic mass is 32.2. The first kappa shape index (κ1) is 12.2. The Morgan fingerprint density at radius 1 is 1.27 bits per heavy atom. The summed E-state index contributed by atoms with van der Waals surface area (Å²) in [5.41, 5.74) is 1.98. The zero-order valence-corrected chi connectivity index (χ0v) is 10.6. The molecule has 0 spiro atoms. The maximum absolute atomic E-state index is 11.6. The maximum atomic E-state index is 11.6. The van der Waals surface area contributed by atoms with Gasteiger partial charge >= 0.3 is 0 Å². The smallest absolute Gasteiger partial charge is 0.175 e. The van der Waals surface area contributed by atoms with Crippen molar-refractivity contribution in [3.63, 3.8) is 0 Å². The first-order valence-corrected chi connectivity index (χ1v) is 7.08. The minimum absolute atomic E-state index is 0.358. The van der Waals surface area contributed by atoms with Crippen molar-refractivity contribution in [3.05, 3.63) is 29.3 Å². The second-order valence-electron chi connectivity index (χ2n) is 4.15. The van der Waals surface area contributed by atoms with Gasteiger partial charge in [-0.3, -0.25) is 0 Å². The predicted molar refractivity (Wildman–Crippen MR) is 63.0 cm³/mol. The number of aryl methyl sites for hydroxylation is 1. The van der Waals surface area contributed by atoms with Gasteiger partial charge in [0, 0.05) is 6.26 Å². The molecule has 1 rings (SSSR count). The Kier molecular flexibility index (Phi) is 3.55. The van der Waals surface area contributed by atoms with Crippen molar-refractivity contribution < 1.29 is 8.42 Å². The van der Waals surface area contributed by atoms with E-state index in [1.165, 1.54) is 6.26 Å². The van der Waals surface area contributed by atoms with E-state index in [9.17, 15) is 8.42 Å². The Hall–Kier alpha value is -0.830. The van der Waals surface area contributed by atoms with Gasteiger partial charge in [-0.05, 0) is 29.5 Å². The highest BCUT2D eigenvalue weighted by molar-refractivity contribution is 7.90. The van der Waals surface area contributed by atoms with Crippen LogP contribution in [0.25, 0.3) is 0 Å². The van der Waals surface area contributed by atoms with E-state index in [4.69, 9.17) is 0 Å². The third kappa shape index (κ3) is 2.81. The van der Waals surface area contributed by atoms with Gasteiger partial charge in [0.25, 0.3) is 0 Å². The van der Waals surface area contributed by atoms with E-state index in [1.54, 1.807) is 6.07 Å². The van der Waals surface area contributed by atoms with Crippen molar-refractivity contribution in [3.8, 4) is 0 Å². The minimum Gasteiger partial charge on any atom is -0.224 e. The molecule has 3 heteroatoms. The van der Waals surface area contributed by atoms with Crippen LogP contribution >= 0.6 is 0 Å². The van der Waals surface area contributed by atoms with Gasteiger partial charge in [-0.15, -0.1) is 0 Å². The quantitative estimate of drug-likeness (QED) is 0.794. The summed E-state index contributed by atoms with van der Waals surface area (Å²) in [6.07, 6.45) is 2.02. The third-order valence-corrected chi connectivity index (χ3v) is 3.72. The van der Waals surface area contributed by atoms with Crippen molar-refractivity contribution in [2.24, 2.45) is 0 Å². The summed E-state index contributed by atoms with van der Waals surface area (Å²) >= 11 is 0. The summed E-state index contributed by atoms with van der Waals surface area (Å²) in [6, 6.07) is 5.74. The molecule has 0 aliphatic heterocycles. The van der Waals surface area contributed by atoms with Gasteiger partial charge in [0.15, 0.2) is 9.84 Å². The van der Waals surface area contributed by atoms with E-state index in [0.717, 1.165) is 17.5 Å². The van der Waals surface area contributed by atoms with E-state index in [1.807, 2.05) is 19.1 Å². The summed E-state index contributed by atoms with van der Waals surface area (Å²) in [6.45, 7) is 6.10. The van der Waals surface area contributed by atoms with Crippen LogP contribution in [0.2, 0.25) is 0 Å². The van der Waals surface area contributed by atoms with Crippen molar-refractivity contribution in [1.82, 2.24) is 0 Å². The summed E-state index contributed by atoms with van der Waals surface area (Å²) < 4.78 is 23.2.